The van der Waals surface area contributed by atoms with Gasteiger partial charge in [0.05, 0.1) is 17.4 Å². The normalized spacial score (nSPS) is 18.9. The highest BCUT2D eigenvalue weighted by molar-refractivity contribution is 5.83. The molecule has 2 atom stereocenters. The summed E-state index contributed by atoms with van der Waals surface area (Å²) in [5.41, 5.74) is 0.800. The Balaban J connectivity index is 1.54. The highest BCUT2D eigenvalue weighted by Crippen LogP contribution is 2.33. The fourth-order valence-corrected chi connectivity index (χ4v) is 4.05. The summed E-state index contributed by atoms with van der Waals surface area (Å²) in [5.74, 6) is 0.0826. The van der Waals surface area contributed by atoms with Crippen LogP contribution in [0, 0.1) is 0 Å². The first kappa shape index (κ1) is 19.5. The van der Waals surface area contributed by atoms with Crippen LogP contribution < -0.4 is 0 Å². The number of carbonyl (C=O) groups excluding carboxylic acids is 1. The number of halogens is 3. The van der Waals surface area contributed by atoms with Gasteiger partial charge >= 0.3 is 6.18 Å². The van der Waals surface area contributed by atoms with Gasteiger partial charge in [-0.3, -0.25) is 4.79 Å². The summed E-state index contributed by atoms with van der Waals surface area (Å²) in [5, 5.41) is 0. The Morgan fingerprint density at radius 2 is 2.03 bits per heavy atom. The summed E-state index contributed by atoms with van der Waals surface area (Å²) in [7, 11) is 1.57. The van der Waals surface area contributed by atoms with Crippen LogP contribution in [0.5, 0.6) is 0 Å². The van der Waals surface area contributed by atoms with Gasteiger partial charge in [-0.25, -0.2) is 9.97 Å². The lowest BCUT2D eigenvalue weighted by Crippen LogP contribution is -2.42. The highest BCUT2D eigenvalue weighted by atomic mass is 19.4. The van der Waals surface area contributed by atoms with Crippen LogP contribution in [0.2, 0.25) is 0 Å². The molecule has 6 nitrogen and oxygen atoms in total. The summed E-state index contributed by atoms with van der Waals surface area (Å²) in [6.45, 7) is 2.77. The third-order valence-corrected chi connectivity index (χ3v) is 5.56. The van der Waals surface area contributed by atoms with Crippen LogP contribution in [0.3, 0.4) is 0 Å². The molecule has 1 aliphatic rings. The Bertz CT molecular complexity index is 1040. The molecule has 1 aromatic carbocycles. The Morgan fingerprint density at radius 1 is 1.28 bits per heavy atom. The number of carbonyl (C=O) groups is 1. The first-order valence-electron chi connectivity index (χ1n) is 9.56. The number of alkyl halides is 3. The van der Waals surface area contributed by atoms with E-state index in [4.69, 9.17) is 0 Å². The summed E-state index contributed by atoms with van der Waals surface area (Å²) in [6, 6.07) is 7.14. The molecule has 0 radical (unpaired) electrons. The van der Waals surface area contributed by atoms with Crippen LogP contribution >= 0.6 is 0 Å². The van der Waals surface area contributed by atoms with Gasteiger partial charge in [-0.1, -0.05) is 12.1 Å². The molecule has 0 aliphatic carbocycles. The van der Waals surface area contributed by atoms with Gasteiger partial charge in [-0.2, -0.15) is 13.2 Å². The van der Waals surface area contributed by atoms with Crippen molar-refractivity contribution in [2.45, 2.75) is 37.9 Å². The van der Waals surface area contributed by atoms with Crippen molar-refractivity contribution in [2.24, 2.45) is 7.05 Å². The molecule has 0 N–H and O–H groups in total. The monoisotopic (exact) mass is 405 g/mol. The van der Waals surface area contributed by atoms with Gasteiger partial charge < -0.3 is 14.0 Å². The van der Waals surface area contributed by atoms with Crippen molar-refractivity contribution in [3.8, 4) is 0 Å². The molecule has 9 heteroatoms. The third-order valence-electron chi connectivity index (χ3n) is 5.56. The van der Waals surface area contributed by atoms with Crippen LogP contribution in [-0.2, 0) is 18.0 Å². The number of amides is 1. The second-order valence-electron chi connectivity index (χ2n) is 7.53. The lowest BCUT2D eigenvalue weighted by molar-refractivity contribution is -0.141. The lowest BCUT2D eigenvalue weighted by atomic mass is 9.96. The van der Waals surface area contributed by atoms with E-state index in [-0.39, 0.29) is 11.8 Å². The van der Waals surface area contributed by atoms with Gasteiger partial charge in [-0.05, 0) is 31.9 Å². The number of piperidine rings is 1. The Morgan fingerprint density at radius 3 is 2.76 bits per heavy atom. The number of imidazole rings is 2. The van der Waals surface area contributed by atoms with E-state index in [1.165, 1.54) is 4.57 Å². The molecule has 0 saturated carbocycles. The zero-order valence-electron chi connectivity index (χ0n) is 16.2. The van der Waals surface area contributed by atoms with E-state index in [2.05, 4.69) is 9.97 Å². The maximum atomic E-state index is 13.1. The molecule has 1 fully saturated rings. The maximum absolute atomic E-state index is 13.1. The predicted molar refractivity (Wildman–Crippen MR) is 101 cm³/mol. The molecule has 3 heterocycles. The molecule has 2 unspecified atom stereocenters. The fraction of sp³-hybridized carbons (Fsp3) is 0.450. The standard InChI is InChI=1S/C20H22F3N5O/c1-13(28-12-24-15-7-3-4-8-16(15)28)19(29)27-9-5-6-14(10-27)18-25-17(11-26(18)2)20(21,22)23/h3-4,7-8,11-14H,5-6,9-10H2,1-2H3. The van der Waals surface area contributed by atoms with Crippen LogP contribution in [0.1, 0.15) is 43.2 Å². The van der Waals surface area contributed by atoms with Crippen molar-refractivity contribution in [1.82, 2.24) is 24.0 Å². The minimum Gasteiger partial charge on any atom is -0.340 e. The molecule has 2 aromatic heterocycles. The first-order valence-corrected chi connectivity index (χ1v) is 9.56. The number of benzene rings is 1. The van der Waals surface area contributed by atoms with Crippen molar-refractivity contribution in [2.75, 3.05) is 13.1 Å². The molecular formula is C20H22F3N5O. The summed E-state index contributed by atoms with van der Waals surface area (Å²) >= 11 is 0. The molecule has 3 aromatic rings. The predicted octanol–water partition coefficient (Wildman–Crippen LogP) is 3.76. The van der Waals surface area contributed by atoms with E-state index in [0.29, 0.717) is 25.3 Å². The van der Waals surface area contributed by atoms with Gasteiger partial charge in [0, 0.05) is 32.3 Å². The van der Waals surface area contributed by atoms with Gasteiger partial charge in [0.1, 0.15) is 11.9 Å². The van der Waals surface area contributed by atoms with Crippen LogP contribution in [0.25, 0.3) is 11.0 Å². The Kier molecular flexibility index (Phi) is 4.84. The molecule has 29 heavy (non-hydrogen) atoms. The minimum absolute atomic E-state index is 0.0666. The number of hydrogen-bond donors (Lipinski definition) is 0. The number of likely N-dealkylation sites (tertiary alicyclic amines) is 1. The summed E-state index contributed by atoms with van der Waals surface area (Å²) < 4.78 is 42.2. The van der Waals surface area contributed by atoms with E-state index < -0.39 is 17.9 Å². The molecule has 154 valence electrons. The highest BCUT2D eigenvalue weighted by Gasteiger charge is 2.37. The van der Waals surface area contributed by atoms with E-state index in [1.807, 2.05) is 35.8 Å². The van der Waals surface area contributed by atoms with E-state index >= 15 is 0 Å². The third kappa shape index (κ3) is 3.61. The van der Waals surface area contributed by atoms with Gasteiger partial charge in [0.25, 0.3) is 0 Å². The van der Waals surface area contributed by atoms with Crippen LogP contribution in [0.15, 0.2) is 36.8 Å². The molecule has 1 amide bonds. The van der Waals surface area contributed by atoms with Crippen molar-refractivity contribution >= 4 is 16.9 Å². The number of hydrogen-bond acceptors (Lipinski definition) is 3. The number of rotatable bonds is 3. The number of para-hydroxylation sites is 2. The smallest absolute Gasteiger partial charge is 0.340 e. The summed E-state index contributed by atoms with van der Waals surface area (Å²) in [4.78, 5) is 23.0. The zero-order chi connectivity index (χ0) is 20.8. The Labute approximate surface area is 166 Å². The van der Waals surface area contributed by atoms with Crippen molar-refractivity contribution < 1.29 is 18.0 Å². The van der Waals surface area contributed by atoms with Gasteiger partial charge in [-0.15, -0.1) is 0 Å². The fourth-order valence-electron chi connectivity index (χ4n) is 4.05. The molecule has 0 bridgehead atoms. The zero-order valence-corrected chi connectivity index (χ0v) is 16.2. The minimum atomic E-state index is -4.48. The molecule has 0 spiro atoms. The average Bonchev–Trinajstić information content (AvgIpc) is 3.30. The molecular weight excluding hydrogens is 383 g/mol. The van der Waals surface area contributed by atoms with Crippen LogP contribution in [0.4, 0.5) is 13.2 Å². The van der Waals surface area contributed by atoms with Crippen molar-refractivity contribution in [3.63, 3.8) is 0 Å². The molecule has 4 rings (SSSR count). The second kappa shape index (κ2) is 7.20. The van der Waals surface area contributed by atoms with E-state index in [0.717, 1.165) is 23.7 Å². The maximum Gasteiger partial charge on any atom is 0.434 e. The first-order chi connectivity index (χ1) is 13.8. The largest absolute Gasteiger partial charge is 0.434 e. The molecule has 1 saturated heterocycles. The number of aryl methyl sites for hydroxylation is 1. The molecule has 1 aliphatic heterocycles. The summed E-state index contributed by atoms with van der Waals surface area (Å²) in [6.07, 6.45) is -0.382. The van der Waals surface area contributed by atoms with Crippen molar-refractivity contribution in [3.05, 3.63) is 48.3 Å². The van der Waals surface area contributed by atoms with Gasteiger partial charge in [0.15, 0.2) is 5.69 Å². The number of nitrogens with zero attached hydrogens (tertiary/aromatic N) is 5. The SMILES string of the molecule is CC(C(=O)N1CCCC(c2nc(C(F)(F)F)cn2C)C1)n1cnc2ccccc21. The average molecular weight is 405 g/mol. The topological polar surface area (TPSA) is 56.0 Å². The van der Waals surface area contributed by atoms with Gasteiger partial charge in [0.2, 0.25) is 5.91 Å². The van der Waals surface area contributed by atoms with Crippen molar-refractivity contribution in [1.29, 1.82) is 0 Å². The Hall–Kier alpha value is -2.84. The van der Waals surface area contributed by atoms with E-state index in [9.17, 15) is 18.0 Å². The van der Waals surface area contributed by atoms with E-state index in [1.54, 1.807) is 18.3 Å². The number of aromatic nitrogens is 4. The number of fused-ring (bicyclic) bond motifs is 1. The van der Waals surface area contributed by atoms with Crippen LogP contribution in [-0.4, -0.2) is 43.0 Å². The lowest BCUT2D eigenvalue weighted by Gasteiger charge is -2.34. The second-order valence-corrected chi connectivity index (χ2v) is 7.53. The quantitative estimate of drug-likeness (QED) is 0.667.